The van der Waals surface area contributed by atoms with E-state index >= 15 is 0 Å². The van der Waals surface area contributed by atoms with Gasteiger partial charge >= 0.3 is 0 Å². The van der Waals surface area contributed by atoms with Crippen LogP contribution in [0.1, 0.15) is 21.5 Å². The van der Waals surface area contributed by atoms with Crippen molar-refractivity contribution in [2.24, 2.45) is 0 Å². The summed E-state index contributed by atoms with van der Waals surface area (Å²) in [5.74, 6) is -0.105. The predicted octanol–water partition coefficient (Wildman–Crippen LogP) is 5.08. The average molecular weight is 383 g/mol. The molecule has 0 radical (unpaired) electrons. The van der Waals surface area contributed by atoms with Crippen molar-refractivity contribution < 1.29 is 4.79 Å². The number of carbonyl (C=O) groups is 1. The van der Waals surface area contributed by atoms with Crippen LogP contribution >= 0.6 is 31.9 Å². The molecule has 2 aromatic carbocycles. The van der Waals surface area contributed by atoms with Crippen LogP contribution in [0.5, 0.6) is 0 Å². The van der Waals surface area contributed by atoms with Crippen LogP contribution in [-0.2, 0) is 0 Å². The van der Waals surface area contributed by atoms with Gasteiger partial charge in [-0.25, -0.2) is 0 Å². The molecule has 1 N–H and O–H groups in total. The molecule has 0 saturated carbocycles. The molecule has 2 rings (SSSR count). The van der Waals surface area contributed by atoms with Gasteiger partial charge in [0.2, 0.25) is 0 Å². The van der Waals surface area contributed by atoms with Crippen LogP contribution in [0.25, 0.3) is 0 Å². The molecule has 0 aromatic heterocycles. The molecule has 2 nitrogen and oxygen atoms in total. The molecule has 98 valence electrons. The van der Waals surface area contributed by atoms with Crippen molar-refractivity contribution in [1.82, 2.24) is 0 Å². The maximum atomic E-state index is 12.2. The number of aryl methyl sites for hydroxylation is 2. The van der Waals surface area contributed by atoms with Crippen LogP contribution in [0.2, 0.25) is 0 Å². The zero-order chi connectivity index (χ0) is 14.0. The summed E-state index contributed by atoms with van der Waals surface area (Å²) >= 11 is 6.84. The minimum atomic E-state index is -0.105. The van der Waals surface area contributed by atoms with E-state index in [0.29, 0.717) is 5.56 Å². The minimum absolute atomic E-state index is 0.105. The van der Waals surface area contributed by atoms with Gasteiger partial charge in [0.1, 0.15) is 0 Å². The zero-order valence-corrected chi connectivity index (χ0v) is 13.8. The van der Waals surface area contributed by atoms with Crippen molar-refractivity contribution in [1.29, 1.82) is 0 Å². The first-order valence-electron chi connectivity index (χ1n) is 5.80. The summed E-state index contributed by atoms with van der Waals surface area (Å²) in [4.78, 5) is 12.2. The van der Waals surface area contributed by atoms with Gasteiger partial charge in [-0.15, -0.1) is 0 Å². The Labute approximate surface area is 129 Å². The molecule has 4 heteroatoms. The van der Waals surface area contributed by atoms with Gasteiger partial charge in [-0.2, -0.15) is 0 Å². The SMILES string of the molecule is Cc1cc(Br)cc(C(=O)Nc2ccc(Br)c(C)c2)c1. The third kappa shape index (κ3) is 3.67. The van der Waals surface area contributed by atoms with Crippen LogP contribution in [-0.4, -0.2) is 5.91 Å². The van der Waals surface area contributed by atoms with Crippen molar-refractivity contribution in [3.05, 3.63) is 62.0 Å². The number of nitrogens with one attached hydrogen (secondary N) is 1. The lowest BCUT2D eigenvalue weighted by molar-refractivity contribution is 0.102. The van der Waals surface area contributed by atoms with Crippen LogP contribution in [0.3, 0.4) is 0 Å². The molecular weight excluding hydrogens is 370 g/mol. The summed E-state index contributed by atoms with van der Waals surface area (Å²) < 4.78 is 1.94. The monoisotopic (exact) mass is 381 g/mol. The third-order valence-corrected chi connectivity index (χ3v) is 4.07. The van der Waals surface area contributed by atoms with E-state index < -0.39 is 0 Å². The highest BCUT2D eigenvalue weighted by Gasteiger charge is 2.08. The molecule has 19 heavy (non-hydrogen) atoms. The van der Waals surface area contributed by atoms with E-state index in [1.807, 2.05) is 50.2 Å². The fourth-order valence-corrected chi connectivity index (χ4v) is 2.65. The molecule has 0 bridgehead atoms. The fraction of sp³-hybridized carbons (Fsp3) is 0.133. The second-order valence-electron chi connectivity index (χ2n) is 4.44. The Balaban J connectivity index is 2.22. The average Bonchev–Trinajstić information content (AvgIpc) is 2.32. The maximum absolute atomic E-state index is 12.2. The highest BCUT2D eigenvalue weighted by molar-refractivity contribution is 9.10. The Morgan fingerprint density at radius 2 is 1.79 bits per heavy atom. The number of hydrogen-bond acceptors (Lipinski definition) is 1. The summed E-state index contributed by atoms with van der Waals surface area (Å²) in [5.41, 5.74) is 3.57. The molecule has 0 saturated heterocycles. The topological polar surface area (TPSA) is 29.1 Å². The normalized spacial score (nSPS) is 10.3. The molecule has 0 aliphatic carbocycles. The van der Waals surface area contributed by atoms with E-state index in [9.17, 15) is 4.79 Å². The van der Waals surface area contributed by atoms with Crippen molar-refractivity contribution in [2.45, 2.75) is 13.8 Å². The van der Waals surface area contributed by atoms with Crippen LogP contribution in [0.15, 0.2) is 45.3 Å². The lowest BCUT2D eigenvalue weighted by atomic mass is 10.1. The number of carbonyl (C=O) groups excluding carboxylic acids is 1. The number of halogens is 2. The van der Waals surface area contributed by atoms with E-state index in [1.54, 1.807) is 0 Å². The highest BCUT2D eigenvalue weighted by atomic mass is 79.9. The second kappa shape index (κ2) is 5.88. The number of amides is 1. The first-order valence-corrected chi connectivity index (χ1v) is 7.39. The number of hydrogen-bond donors (Lipinski definition) is 1. The van der Waals surface area contributed by atoms with Gasteiger partial charge in [0, 0.05) is 20.2 Å². The first kappa shape index (κ1) is 14.3. The van der Waals surface area contributed by atoms with E-state index in [1.165, 1.54) is 0 Å². The molecule has 0 aliphatic rings. The van der Waals surface area contributed by atoms with Gasteiger partial charge in [-0.05, 0) is 61.4 Å². The summed E-state index contributed by atoms with van der Waals surface area (Å²) in [7, 11) is 0. The van der Waals surface area contributed by atoms with Gasteiger partial charge in [0.25, 0.3) is 5.91 Å². The molecule has 0 spiro atoms. The lowest BCUT2D eigenvalue weighted by Gasteiger charge is -2.08. The number of anilines is 1. The van der Waals surface area contributed by atoms with Gasteiger partial charge in [0.05, 0.1) is 0 Å². The molecule has 0 unspecified atom stereocenters. The Morgan fingerprint density at radius 3 is 2.42 bits per heavy atom. The van der Waals surface area contributed by atoms with E-state index in [2.05, 4.69) is 37.2 Å². The number of benzene rings is 2. The van der Waals surface area contributed by atoms with Gasteiger partial charge in [0.15, 0.2) is 0 Å². The Bertz CT molecular complexity index is 618. The van der Waals surface area contributed by atoms with Crippen LogP contribution in [0.4, 0.5) is 5.69 Å². The van der Waals surface area contributed by atoms with Crippen LogP contribution < -0.4 is 5.32 Å². The van der Waals surface area contributed by atoms with Gasteiger partial charge in [-0.1, -0.05) is 31.9 Å². The van der Waals surface area contributed by atoms with Crippen molar-refractivity contribution >= 4 is 43.5 Å². The maximum Gasteiger partial charge on any atom is 0.255 e. The molecule has 0 aliphatic heterocycles. The van der Waals surface area contributed by atoms with Crippen molar-refractivity contribution in [2.75, 3.05) is 5.32 Å². The Morgan fingerprint density at radius 1 is 1.05 bits per heavy atom. The third-order valence-electron chi connectivity index (χ3n) is 2.72. The Kier molecular flexibility index (Phi) is 4.42. The molecule has 1 amide bonds. The summed E-state index contributed by atoms with van der Waals surface area (Å²) in [6.45, 7) is 3.95. The molecule has 0 fully saturated rings. The zero-order valence-electron chi connectivity index (χ0n) is 10.6. The van der Waals surface area contributed by atoms with Gasteiger partial charge < -0.3 is 5.32 Å². The lowest BCUT2D eigenvalue weighted by Crippen LogP contribution is -2.12. The summed E-state index contributed by atoms with van der Waals surface area (Å²) in [6, 6.07) is 11.4. The smallest absolute Gasteiger partial charge is 0.255 e. The number of rotatable bonds is 2. The van der Waals surface area contributed by atoms with Crippen LogP contribution in [0, 0.1) is 13.8 Å². The molecule has 0 heterocycles. The van der Waals surface area contributed by atoms with Crippen molar-refractivity contribution in [3.8, 4) is 0 Å². The summed E-state index contributed by atoms with van der Waals surface area (Å²) in [5, 5.41) is 2.90. The van der Waals surface area contributed by atoms with E-state index in [4.69, 9.17) is 0 Å². The predicted molar refractivity (Wildman–Crippen MR) is 85.7 cm³/mol. The van der Waals surface area contributed by atoms with Gasteiger partial charge in [-0.3, -0.25) is 4.79 Å². The fourth-order valence-electron chi connectivity index (χ4n) is 1.79. The van der Waals surface area contributed by atoms with E-state index in [0.717, 1.165) is 25.8 Å². The van der Waals surface area contributed by atoms with E-state index in [-0.39, 0.29) is 5.91 Å². The van der Waals surface area contributed by atoms with Crippen molar-refractivity contribution in [3.63, 3.8) is 0 Å². The largest absolute Gasteiger partial charge is 0.322 e. The quantitative estimate of drug-likeness (QED) is 0.770. The molecule has 0 atom stereocenters. The molecule has 2 aromatic rings. The standard InChI is InChI=1S/C15H13Br2NO/c1-9-5-11(8-12(16)6-9)15(19)18-13-3-4-14(17)10(2)7-13/h3-8H,1-2H3,(H,18,19). The Hall–Kier alpha value is -1.13. The minimum Gasteiger partial charge on any atom is -0.322 e. The molecular formula is C15H13Br2NO. The highest BCUT2D eigenvalue weighted by Crippen LogP contribution is 2.21. The first-order chi connectivity index (χ1) is 8.95. The summed E-state index contributed by atoms with van der Waals surface area (Å²) in [6.07, 6.45) is 0. The second-order valence-corrected chi connectivity index (χ2v) is 6.21.